The molecule has 2 heterocycles. The number of carbonyl (C=O) groups excluding carboxylic acids is 1. The van der Waals surface area contributed by atoms with Gasteiger partial charge in [0, 0.05) is 56.6 Å². The number of aromatic nitrogens is 1. The van der Waals surface area contributed by atoms with Gasteiger partial charge in [-0.3, -0.25) is 9.78 Å². The second-order valence-corrected chi connectivity index (χ2v) is 4.04. The smallest absolute Gasteiger partial charge is 0.150 e. The number of piperazine rings is 1. The van der Waals surface area contributed by atoms with Gasteiger partial charge in [-0.1, -0.05) is 0 Å². The van der Waals surface area contributed by atoms with E-state index in [0.717, 1.165) is 51.1 Å². The molecule has 0 radical (unpaired) electrons. The van der Waals surface area contributed by atoms with Crippen molar-refractivity contribution in [2.75, 3.05) is 32.7 Å². The maximum Gasteiger partial charge on any atom is 0.150 e. The summed E-state index contributed by atoms with van der Waals surface area (Å²) in [6.45, 7) is 5.38. The topological polar surface area (TPSA) is 45.2 Å². The zero-order valence-electron chi connectivity index (χ0n) is 9.35. The predicted molar refractivity (Wildman–Crippen MR) is 62.6 cm³/mol. The van der Waals surface area contributed by atoms with Crippen LogP contribution >= 0.6 is 0 Å². The van der Waals surface area contributed by atoms with Gasteiger partial charge in [0.2, 0.25) is 0 Å². The Morgan fingerprint density at radius 3 is 3.00 bits per heavy atom. The minimum Gasteiger partial charge on any atom is -0.314 e. The molecular weight excluding hydrogens is 202 g/mol. The van der Waals surface area contributed by atoms with E-state index in [1.165, 1.54) is 0 Å². The number of aldehydes is 1. The number of hydrogen-bond acceptors (Lipinski definition) is 4. The zero-order valence-corrected chi connectivity index (χ0v) is 9.35. The van der Waals surface area contributed by atoms with Gasteiger partial charge in [0.1, 0.15) is 6.29 Å². The standard InChI is InChI=1S/C12H17N3O/c16-10-11-1-3-14-12(9-11)2-6-15-7-4-13-5-8-15/h1,3,9-10,13H,2,4-8H2. The average molecular weight is 219 g/mol. The van der Waals surface area contributed by atoms with E-state index in [0.29, 0.717) is 5.56 Å². The molecule has 0 bridgehead atoms. The Balaban J connectivity index is 1.85. The van der Waals surface area contributed by atoms with E-state index in [1.807, 2.05) is 6.07 Å². The first-order valence-electron chi connectivity index (χ1n) is 5.71. The highest BCUT2D eigenvalue weighted by Crippen LogP contribution is 2.02. The van der Waals surface area contributed by atoms with Gasteiger partial charge >= 0.3 is 0 Å². The van der Waals surface area contributed by atoms with Crippen LogP contribution < -0.4 is 5.32 Å². The van der Waals surface area contributed by atoms with Crippen molar-refractivity contribution in [1.82, 2.24) is 15.2 Å². The Labute approximate surface area is 95.7 Å². The summed E-state index contributed by atoms with van der Waals surface area (Å²) >= 11 is 0. The largest absolute Gasteiger partial charge is 0.314 e. The highest BCUT2D eigenvalue weighted by Gasteiger charge is 2.09. The van der Waals surface area contributed by atoms with Crippen LogP contribution in [0.5, 0.6) is 0 Å². The van der Waals surface area contributed by atoms with E-state index >= 15 is 0 Å². The fourth-order valence-electron chi connectivity index (χ4n) is 1.91. The first kappa shape index (κ1) is 11.2. The number of rotatable bonds is 4. The van der Waals surface area contributed by atoms with Crippen molar-refractivity contribution in [3.8, 4) is 0 Å². The number of nitrogens with zero attached hydrogens (tertiary/aromatic N) is 2. The molecule has 0 aromatic carbocycles. The van der Waals surface area contributed by atoms with Crippen molar-refractivity contribution in [1.29, 1.82) is 0 Å². The van der Waals surface area contributed by atoms with Gasteiger partial charge in [0.05, 0.1) is 0 Å². The van der Waals surface area contributed by atoms with E-state index in [-0.39, 0.29) is 0 Å². The van der Waals surface area contributed by atoms with Gasteiger partial charge in [0.25, 0.3) is 0 Å². The molecule has 0 amide bonds. The quantitative estimate of drug-likeness (QED) is 0.742. The highest BCUT2D eigenvalue weighted by molar-refractivity contribution is 5.74. The highest BCUT2D eigenvalue weighted by atomic mass is 16.1. The van der Waals surface area contributed by atoms with E-state index in [9.17, 15) is 4.79 Å². The summed E-state index contributed by atoms with van der Waals surface area (Å²) in [6.07, 6.45) is 3.49. The summed E-state index contributed by atoms with van der Waals surface area (Å²) in [7, 11) is 0. The fourth-order valence-corrected chi connectivity index (χ4v) is 1.91. The van der Waals surface area contributed by atoms with Crippen LogP contribution in [0.2, 0.25) is 0 Å². The summed E-state index contributed by atoms with van der Waals surface area (Å²) in [5, 5.41) is 3.33. The average Bonchev–Trinajstić information content (AvgIpc) is 2.38. The monoisotopic (exact) mass is 219 g/mol. The fraction of sp³-hybridized carbons (Fsp3) is 0.500. The first-order valence-corrected chi connectivity index (χ1v) is 5.71. The van der Waals surface area contributed by atoms with Crippen LogP contribution in [0.4, 0.5) is 0 Å². The Hall–Kier alpha value is -1.26. The summed E-state index contributed by atoms with van der Waals surface area (Å²) in [5.74, 6) is 0. The molecule has 1 aliphatic rings. The molecule has 0 unspecified atom stereocenters. The molecule has 0 spiro atoms. The number of nitrogens with one attached hydrogen (secondary N) is 1. The molecule has 16 heavy (non-hydrogen) atoms. The molecule has 86 valence electrons. The minimum atomic E-state index is 0.713. The van der Waals surface area contributed by atoms with Gasteiger partial charge in [-0.2, -0.15) is 0 Å². The second-order valence-electron chi connectivity index (χ2n) is 4.04. The van der Waals surface area contributed by atoms with Crippen LogP contribution in [0.15, 0.2) is 18.3 Å². The molecule has 1 N–H and O–H groups in total. The predicted octanol–water partition coefficient (Wildman–Crippen LogP) is 0.342. The Morgan fingerprint density at radius 1 is 1.44 bits per heavy atom. The third-order valence-electron chi connectivity index (χ3n) is 2.87. The maximum absolute atomic E-state index is 10.6. The van der Waals surface area contributed by atoms with Crippen LogP contribution in [0.1, 0.15) is 16.1 Å². The van der Waals surface area contributed by atoms with Gasteiger partial charge in [0.15, 0.2) is 0 Å². The molecule has 0 aliphatic carbocycles. The lowest BCUT2D eigenvalue weighted by molar-refractivity contribution is 0.112. The normalized spacial score (nSPS) is 17.2. The SMILES string of the molecule is O=Cc1ccnc(CCN2CCNCC2)c1. The van der Waals surface area contributed by atoms with Crippen molar-refractivity contribution < 1.29 is 4.79 Å². The van der Waals surface area contributed by atoms with E-state index in [1.54, 1.807) is 12.3 Å². The molecule has 1 aromatic rings. The second kappa shape index (κ2) is 5.72. The van der Waals surface area contributed by atoms with E-state index < -0.39 is 0 Å². The molecule has 1 fully saturated rings. The Kier molecular flexibility index (Phi) is 4.02. The summed E-state index contributed by atoms with van der Waals surface area (Å²) in [5.41, 5.74) is 1.72. The van der Waals surface area contributed by atoms with Crippen LogP contribution in [0.3, 0.4) is 0 Å². The summed E-state index contributed by atoms with van der Waals surface area (Å²) in [4.78, 5) is 17.3. The zero-order chi connectivity index (χ0) is 11.2. The van der Waals surface area contributed by atoms with Crippen molar-refractivity contribution in [3.63, 3.8) is 0 Å². The summed E-state index contributed by atoms with van der Waals surface area (Å²) < 4.78 is 0. The Bertz CT molecular complexity index is 348. The molecule has 0 saturated carbocycles. The lowest BCUT2D eigenvalue weighted by Crippen LogP contribution is -2.44. The molecule has 4 nitrogen and oxygen atoms in total. The molecule has 2 rings (SSSR count). The van der Waals surface area contributed by atoms with Crippen molar-refractivity contribution in [2.24, 2.45) is 0 Å². The molecular formula is C12H17N3O. The van der Waals surface area contributed by atoms with Crippen LogP contribution in [-0.4, -0.2) is 48.9 Å². The molecule has 4 heteroatoms. The maximum atomic E-state index is 10.6. The van der Waals surface area contributed by atoms with Gasteiger partial charge in [-0.25, -0.2) is 0 Å². The first-order chi connectivity index (χ1) is 7.88. The van der Waals surface area contributed by atoms with Crippen LogP contribution in [0, 0.1) is 0 Å². The minimum absolute atomic E-state index is 0.713. The molecule has 0 atom stereocenters. The van der Waals surface area contributed by atoms with E-state index in [4.69, 9.17) is 0 Å². The number of pyridine rings is 1. The molecule has 1 aromatic heterocycles. The van der Waals surface area contributed by atoms with Gasteiger partial charge in [-0.15, -0.1) is 0 Å². The van der Waals surface area contributed by atoms with Gasteiger partial charge < -0.3 is 10.2 Å². The van der Waals surface area contributed by atoms with Crippen molar-refractivity contribution >= 4 is 6.29 Å². The lowest BCUT2D eigenvalue weighted by atomic mass is 10.2. The van der Waals surface area contributed by atoms with E-state index in [2.05, 4.69) is 15.2 Å². The lowest BCUT2D eigenvalue weighted by Gasteiger charge is -2.26. The third-order valence-corrected chi connectivity index (χ3v) is 2.87. The van der Waals surface area contributed by atoms with Crippen molar-refractivity contribution in [3.05, 3.63) is 29.6 Å². The third kappa shape index (κ3) is 3.12. The van der Waals surface area contributed by atoms with Crippen molar-refractivity contribution in [2.45, 2.75) is 6.42 Å². The summed E-state index contributed by atoms with van der Waals surface area (Å²) in [6, 6.07) is 3.61. The molecule has 1 saturated heterocycles. The number of carbonyl (C=O) groups is 1. The number of hydrogen-bond donors (Lipinski definition) is 1. The van der Waals surface area contributed by atoms with Crippen LogP contribution in [-0.2, 0) is 6.42 Å². The van der Waals surface area contributed by atoms with Gasteiger partial charge in [-0.05, 0) is 12.1 Å². The van der Waals surface area contributed by atoms with Crippen LogP contribution in [0.25, 0.3) is 0 Å². The Morgan fingerprint density at radius 2 is 2.25 bits per heavy atom. The molecule has 1 aliphatic heterocycles.